The summed E-state index contributed by atoms with van der Waals surface area (Å²) in [7, 11) is 0. The first kappa shape index (κ1) is 16.6. The van der Waals surface area contributed by atoms with Gasteiger partial charge in [0.1, 0.15) is 11.9 Å². The van der Waals surface area contributed by atoms with E-state index in [1.165, 1.54) is 17.5 Å². The van der Waals surface area contributed by atoms with Crippen molar-refractivity contribution in [3.8, 4) is 6.07 Å². The Balaban J connectivity index is 1.34. The summed E-state index contributed by atoms with van der Waals surface area (Å²) >= 11 is 0. The molecule has 2 aromatic rings. The number of hydrogen-bond acceptors (Lipinski definition) is 4. The van der Waals surface area contributed by atoms with Gasteiger partial charge in [-0.1, -0.05) is 6.07 Å². The molecule has 5 nitrogen and oxygen atoms in total. The van der Waals surface area contributed by atoms with Crippen molar-refractivity contribution in [3.63, 3.8) is 0 Å². The molecule has 0 atom stereocenters. The molecule has 2 aliphatic rings. The SMILES string of the molecule is N#Cc1ccc(N2CCC(C(=O)Nc3ccc4c(c3)CCC4)CC2)nc1. The van der Waals surface area contributed by atoms with Crippen LogP contribution in [0, 0.1) is 17.2 Å². The second-order valence-corrected chi connectivity index (χ2v) is 7.10. The van der Waals surface area contributed by atoms with E-state index in [0.29, 0.717) is 5.56 Å². The molecular formula is C21H22N4O. The molecule has 1 amide bonds. The minimum Gasteiger partial charge on any atom is -0.357 e. The molecule has 1 N–H and O–H groups in total. The Bertz CT molecular complexity index is 845. The fourth-order valence-electron chi connectivity index (χ4n) is 3.90. The van der Waals surface area contributed by atoms with Gasteiger partial charge in [0.25, 0.3) is 0 Å². The van der Waals surface area contributed by atoms with Crippen LogP contribution >= 0.6 is 0 Å². The first-order valence-electron chi connectivity index (χ1n) is 9.27. The van der Waals surface area contributed by atoms with Gasteiger partial charge in [-0.25, -0.2) is 4.98 Å². The van der Waals surface area contributed by atoms with Crippen LogP contribution in [-0.2, 0) is 17.6 Å². The zero-order valence-corrected chi connectivity index (χ0v) is 14.7. The molecule has 0 radical (unpaired) electrons. The molecule has 4 rings (SSSR count). The van der Waals surface area contributed by atoms with Gasteiger partial charge in [0, 0.05) is 30.9 Å². The first-order valence-corrected chi connectivity index (χ1v) is 9.27. The van der Waals surface area contributed by atoms with Gasteiger partial charge < -0.3 is 10.2 Å². The molecule has 132 valence electrons. The van der Waals surface area contributed by atoms with E-state index in [4.69, 9.17) is 5.26 Å². The summed E-state index contributed by atoms with van der Waals surface area (Å²) in [6, 6.07) is 12.1. The molecule has 1 aromatic heterocycles. The van der Waals surface area contributed by atoms with Gasteiger partial charge in [0.05, 0.1) is 5.56 Å². The van der Waals surface area contributed by atoms with Crippen molar-refractivity contribution in [3.05, 3.63) is 53.2 Å². The molecule has 0 spiro atoms. The maximum Gasteiger partial charge on any atom is 0.227 e. The molecule has 0 unspecified atom stereocenters. The highest BCUT2D eigenvalue weighted by Gasteiger charge is 2.26. The number of carbonyl (C=O) groups excluding carboxylic acids is 1. The number of nitriles is 1. The number of fused-ring (bicyclic) bond motifs is 1. The highest BCUT2D eigenvalue weighted by atomic mass is 16.1. The summed E-state index contributed by atoms with van der Waals surface area (Å²) in [5.41, 5.74) is 4.29. The highest BCUT2D eigenvalue weighted by Crippen LogP contribution is 2.27. The summed E-state index contributed by atoms with van der Waals surface area (Å²) in [5, 5.41) is 12.0. The molecule has 5 heteroatoms. The Labute approximate surface area is 153 Å². The highest BCUT2D eigenvalue weighted by molar-refractivity contribution is 5.92. The van der Waals surface area contributed by atoms with Crippen molar-refractivity contribution in [2.75, 3.05) is 23.3 Å². The number of benzene rings is 1. The fraction of sp³-hybridized carbons (Fsp3) is 0.381. The number of aromatic nitrogens is 1. The number of carbonyl (C=O) groups is 1. The summed E-state index contributed by atoms with van der Waals surface area (Å²) in [6.07, 6.45) is 6.73. The quantitative estimate of drug-likeness (QED) is 0.926. The van der Waals surface area contributed by atoms with Crippen molar-refractivity contribution in [2.24, 2.45) is 5.92 Å². The third-order valence-electron chi connectivity index (χ3n) is 5.43. The lowest BCUT2D eigenvalue weighted by Gasteiger charge is -2.32. The second-order valence-electron chi connectivity index (χ2n) is 7.10. The van der Waals surface area contributed by atoms with Crippen LogP contribution in [0.25, 0.3) is 0 Å². The van der Waals surface area contributed by atoms with Crippen LogP contribution in [0.1, 0.15) is 36.0 Å². The number of pyridine rings is 1. The van der Waals surface area contributed by atoms with Crippen LogP contribution in [-0.4, -0.2) is 24.0 Å². The fourth-order valence-corrected chi connectivity index (χ4v) is 3.90. The monoisotopic (exact) mass is 346 g/mol. The van der Waals surface area contributed by atoms with E-state index in [9.17, 15) is 4.79 Å². The molecule has 2 heterocycles. The molecule has 1 saturated heterocycles. The minimum atomic E-state index is 0.0397. The average Bonchev–Trinajstić information content (AvgIpc) is 3.16. The van der Waals surface area contributed by atoms with E-state index in [2.05, 4.69) is 33.4 Å². The smallest absolute Gasteiger partial charge is 0.227 e. The molecule has 1 fully saturated rings. The molecule has 1 aromatic carbocycles. The van der Waals surface area contributed by atoms with Gasteiger partial charge in [0.15, 0.2) is 0 Å². The standard InChI is InChI=1S/C21H22N4O/c22-13-15-4-7-20(23-14-15)25-10-8-17(9-11-25)21(26)24-19-6-5-16-2-1-3-18(16)12-19/h4-7,12,14,17H,1-3,8-11H2,(H,24,26). The molecule has 1 aliphatic carbocycles. The van der Waals surface area contributed by atoms with Gasteiger partial charge in [0.2, 0.25) is 5.91 Å². The van der Waals surface area contributed by atoms with Crippen molar-refractivity contribution in [2.45, 2.75) is 32.1 Å². The number of aryl methyl sites for hydroxylation is 2. The third-order valence-corrected chi connectivity index (χ3v) is 5.43. The number of hydrogen-bond donors (Lipinski definition) is 1. The van der Waals surface area contributed by atoms with Crippen molar-refractivity contribution >= 4 is 17.4 Å². The number of amides is 1. The van der Waals surface area contributed by atoms with Crippen LogP contribution < -0.4 is 10.2 Å². The van der Waals surface area contributed by atoms with E-state index in [1.807, 2.05) is 12.1 Å². The lowest BCUT2D eigenvalue weighted by Crippen LogP contribution is -2.38. The number of nitrogens with one attached hydrogen (secondary N) is 1. The summed E-state index contributed by atoms with van der Waals surface area (Å²) in [6.45, 7) is 1.61. The predicted octanol–water partition coefficient (Wildman–Crippen LogP) is 3.30. The zero-order valence-electron chi connectivity index (χ0n) is 14.7. The van der Waals surface area contributed by atoms with Gasteiger partial charge in [-0.15, -0.1) is 0 Å². The predicted molar refractivity (Wildman–Crippen MR) is 101 cm³/mol. The first-order chi connectivity index (χ1) is 12.7. The number of rotatable bonds is 3. The van der Waals surface area contributed by atoms with Crippen molar-refractivity contribution in [1.29, 1.82) is 5.26 Å². The van der Waals surface area contributed by atoms with Crippen LogP contribution in [0.5, 0.6) is 0 Å². The minimum absolute atomic E-state index is 0.0397. The van der Waals surface area contributed by atoms with Crippen LogP contribution in [0.2, 0.25) is 0 Å². The van der Waals surface area contributed by atoms with Crippen molar-refractivity contribution < 1.29 is 4.79 Å². The van der Waals surface area contributed by atoms with Gasteiger partial charge in [-0.3, -0.25) is 4.79 Å². The van der Waals surface area contributed by atoms with Gasteiger partial charge in [-0.2, -0.15) is 5.26 Å². The molecular weight excluding hydrogens is 324 g/mol. The molecule has 26 heavy (non-hydrogen) atoms. The lowest BCUT2D eigenvalue weighted by molar-refractivity contribution is -0.120. The lowest BCUT2D eigenvalue weighted by atomic mass is 9.95. The van der Waals surface area contributed by atoms with E-state index in [0.717, 1.165) is 50.3 Å². The Kier molecular flexibility index (Phi) is 4.57. The van der Waals surface area contributed by atoms with E-state index in [1.54, 1.807) is 12.3 Å². The Morgan fingerprint density at radius 1 is 1.15 bits per heavy atom. The van der Waals surface area contributed by atoms with E-state index in [-0.39, 0.29) is 11.8 Å². The Morgan fingerprint density at radius 2 is 1.96 bits per heavy atom. The normalized spacial score (nSPS) is 16.8. The number of nitrogens with zero attached hydrogens (tertiary/aromatic N) is 3. The Morgan fingerprint density at radius 3 is 2.69 bits per heavy atom. The van der Waals surface area contributed by atoms with Gasteiger partial charge in [-0.05, 0) is 67.5 Å². The molecule has 0 saturated carbocycles. The van der Waals surface area contributed by atoms with Crippen LogP contribution in [0.3, 0.4) is 0 Å². The summed E-state index contributed by atoms with van der Waals surface area (Å²) < 4.78 is 0. The van der Waals surface area contributed by atoms with Crippen LogP contribution in [0.15, 0.2) is 36.5 Å². The summed E-state index contributed by atoms with van der Waals surface area (Å²) in [5.74, 6) is 1.04. The topological polar surface area (TPSA) is 69.0 Å². The maximum atomic E-state index is 12.6. The zero-order chi connectivity index (χ0) is 17.9. The van der Waals surface area contributed by atoms with Crippen molar-refractivity contribution in [1.82, 2.24) is 4.98 Å². The second kappa shape index (κ2) is 7.17. The van der Waals surface area contributed by atoms with Crippen LogP contribution in [0.4, 0.5) is 11.5 Å². The molecule has 1 aliphatic heterocycles. The van der Waals surface area contributed by atoms with Gasteiger partial charge >= 0.3 is 0 Å². The van der Waals surface area contributed by atoms with E-state index < -0.39 is 0 Å². The maximum absolute atomic E-state index is 12.6. The number of piperidine rings is 1. The Hall–Kier alpha value is -2.87. The summed E-state index contributed by atoms with van der Waals surface area (Å²) in [4.78, 5) is 19.1. The van der Waals surface area contributed by atoms with E-state index >= 15 is 0 Å². The molecule has 0 bridgehead atoms. The average molecular weight is 346 g/mol. The number of anilines is 2. The largest absolute Gasteiger partial charge is 0.357 e. The third kappa shape index (κ3) is 3.41.